The number of aromatic amines is 1. The van der Waals surface area contributed by atoms with Crippen molar-refractivity contribution < 1.29 is 0 Å². The Bertz CT molecular complexity index is 720. The average molecular weight is 294 g/mol. The number of thiophene rings is 1. The molecule has 19 heavy (non-hydrogen) atoms. The fourth-order valence-corrected chi connectivity index (χ4v) is 2.92. The van der Waals surface area contributed by atoms with Gasteiger partial charge in [-0.25, -0.2) is 4.98 Å². The molecule has 7 heteroatoms. The highest BCUT2D eigenvalue weighted by atomic mass is 35.5. The van der Waals surface area contributed by atoms with Gasteiger partial charge in [-0.3, -0.25) is 0 Å². The molecule has 0 bridgehead atoms. The van der Waals surface area contributed by atoms with Gasteiger partial charge in [-0.15, -0.1) is 11.3 Å². The summed E-state index contributed by atoms with van der Waals surface area (Å²) in [5, 5.41) is 3.54. The van der Waals surface area contributed by atoms with Gasteiger partial charge in [0.25, 0.3) is 0 Å². The molecular weight excluding hydrogens is 282 g/mol. The molecule has 0 saturated carbocycles. The number of fused-ring (bicyclic) bond motifs is 1. The van der Waals surface area contributed by atoms with Gasteiger partial charge < -0.3 is 10.3 Å². The maximum absolute atomic E-state index is 5.90. The maximum Gasteiger partial charge on any atom is 0.226 e. The highest BCUT2D eigenvalue weighted by molar-refractivity contribution is 7.12. The summed E-state index contributed by atoms with van der Waals surface area (Å²) in [5.74, 6) is 0.672. The van der Waals surface area contributed by atoms with Crippen LogP contribution in [-0.2, 0) is 0 Å². The number of nitrogens with one attached hydrogen (secondary N) is 2. The SMILES string of the molecule is Cc1ccc(C(C)Nc2nc(Cl)nc3nc[nH]c23)s1. The number of anilines is 1. The van der Waals surface area contributed by atoms with Crippen LogP contribution in [0.5, 0.6) is 0 Å². The number of nitrogens with zero attached hydrogens (tertiary/aromatic N) is 3. The summed E-state index contributed by atoms with van der Waals surface area (Å²) in [6.07, 6.45) is 1.58. The predicted molar refractivity (Wildman–Crippen MR) is 77.8 cm³/mol. The fraction of sp³-hybridized carbons (Fsp3) is 0.250. The van der Waals surface area contributed by atoms with E-state index in [0.717, 1.165) is 5.52 Å². The van der Waals surface area contributed by atoms with Gasteiger partial charge in [0.1, 0.15) is 5.52 Å². The lowest BCUT2D eigenvalue weighted by Crippen LogP contribution is -2.07. The van der Waals surface area contributed by atoms with Crippen molar-refractivity contribution in [2.24, 2.45) is 0 Å². The first-order chi connectivity index (χ1) is 9.13. The van der Waals surface area contributed by atoms with E-state index in [1.54, 1.807) is 17.7 Å². The molecule has 2 N–H and O–H groups in total. The van der Waals surface area contributed by atoms with Crippen molar-refractivity contribution in [3.05, 3.63) is 33.5 Å². The highest BCUT2D eigenvalue weighted by Gasteiger charge is 2.13. The van der Waals surface area contributed by atoms with E-state index in [4.69, 9.17) is 11.6 Å². The second kappa shape index (κ2) is 4.79. The Hall–Kier alpha value is -1.66. The topological polar surface area (TPSA) is 66.5 Å². The number of imidazole rings is 1. The fourth-order valence-electron chi connectivity index (χ4n) is 1.87. The Morgan fingerprint density at radius 1 is 1.37 bits per heavy atom. The molecule has 3 aromatic rings. The van der Waals surface area contributed by atoms with E-state index in [-0.39, 0.29) is 11.3 Å². The monoisotopic (exact) mass is 293 g/mol. The summed E-state index contributed by atoms with van der Waals surface area (Å²) in [7, 11) is 0. The first-order valence-corrected chi connectivity index (χ1v) is 7.02. The van der Waals surface area contributed by atoms with E-state index >= 15 is 0 Å². The lowest BCUT2D eigenvalue weighted by atomic mass is 10.2. The second-order valence-corrected chi connectivity index (χ2v) is 5.91. The Morgan fingerprint density at radius 2 is 2.21 bits per heavy atom. The molecule has 0 saturated heterocycles. The number of aryl methyl sites for hydroxylation is 1. The number of hydrogen-bond donors (Lipinski definition) is 2. The lowest BCUT2D eigenvalue weighted by molar-refractivity contribution is 0.897. The van der Waals surface area contributed by atoms with Crippen LogP contribution in [0.4, 0.5) is 5.82 Å². The molecule has 0 fully saturated rings. The molecule has 0 aromatic carbocycles. The van der Waals surface area contributed by atoms with Crippen LogP contribution in [0.2, 0.25) is 5.28 Å². The first kappa shape index (κ1) is 12.4. The van der Waals surface area contributed by atoms with Crippen molar-refractivity contribution in [3.63, 3.8) is 0 Å². The minimum atomic E-state index is 0.149. The molecule has 0 aliphatic heterocycles. The smallest absolute Gasteiger partial charge is 0.226 e. The van der Waals surface area contributed by atoms with Crippen LogP contribution in [0.25, 0.3) is 11.2 Å². The summed E-state index contributed by atoms with van der Waals surface area (Å²) >= 11 is 7.66. The molecule has 0 amide bonds. The number of rotatable bonds is 3. The lowest BCUT2D eigenvalue weighted by Gasteiger charge is -2.13. The number of aromatic nitrogens is 4. The minimum absolute atomic E-state index is 0.149. The molecule has 98 valence electrons. The van der Waals surface area contributed by atoms with E-state index in [0.29, 0.717) is 11.5 Å². The van der Waals surface area contributed by atoms with Crippen LogP contribution in [0, 0.1) is 6.92 Å². The second-order valence-electron chi connectivity index (χ2n) is 4.26. The molecule has 3 rings (SSSR count). The van der Waals surface area contributed by atoms with Crippen LogP contribution < -0.4 is 5.32 Å². The van der Waals surface area contributed by atoms with Crippen molar-refractivity contribution >= 4 is 39.9 Å². The summed E-state index contributed by atoms with van der Waals surface area (Å²) in [6, 6.07) is 4.37. The molecular formula is C12H12ClN5S. The Kier molecular flexibility index (Phi) is 3.12. The summed E-state index contributed by atoms with van der Waals surface area (Å²) in [4.78, 5) is 17.9. The van der Waals surface area contributed by atoms with Gasteiger partial charge in [-0.1, -0.05) is 0 Å². The van der Waals surface area contributed by atoms with Crippen molar-refractivity contribution in [1.29, 1.82) is 0 Å². The maximum atomic E-state index is 5.90. The van der Waals surface area contributed by atoms with Gasteiger partial charge in [-0.05, 0) is 37.6 Å². The molecule has 0 spiro atoms. The van der Waals surface area contributed by atoms with E-state index in [2.05, 4.69) is 51.2 Å². The highest BCUT2D eigenvalue weighted by Crippen LogP contribution is 2.27. The average Bonchev–Trinajstić information content (AvgIpc) is 2.97. The van der Waals surface area contributed by atoms with Gasteiger partial charge in [0.2, 0.25) is 5.28 Å². The van der Waals surface area contributed by atoms with Crippen LogP contribution in [0.1, 0.15) is 22.7 Å². The van der Waals surface area contributed by atoms with Gasteiger partial charge >= 0.3 is 0 Å². The van der Waals surface area contributed by atoms with Gasteiger partial charge in [-0.2, -0.15) is 9.97 Å². The first-order valence-electron chi connectivity index (χ1n) is 5.83. The van der Waals surface area contributed by atoms with Crippen molar-refractivity contribution in [1.82, 2.24) is 19.9 Å². The Morgan fingerprint density at radius 3 is 2.95 bits per heavy atom. The Balaban J connectivity index is 1.94. The van der Waals surface area contributed by atoms with Crippen LogP contribution in [0.15, 0.2) is 18.5 Å². The summed E-state index contributed by atoms with van der Waals surface area (Å²) < 4.78 is 0. The molecule has 0 aliphatic carbocycles. The largest absolute Gasteiger partial charge is 0.361 e. The number of hydrogen-bond acceptors (Lipinski definition) is 5. The van der Waals surface area contributed by atoms with E-state index < -0.39 is 0 Å². The van der Waals surface area contributed by atoms with Crippen LogP contribution >= 0.6 is 22.9 Å². The quantitative estimate of drug-likeness (QED) is 0.725. The molecule has 5 nitrogen and oxygen atoms in total. The summed E-state index contributed by atoms with van der Waals surface area (Å²) in [6.45, 7) is 4.18. The third-order valence-electron chi connectivity index (χ3n) is 2.80. The Labute approximate surface area is 119 Å². The normalized spacial score (nSPS) is 12.8. The minimum Gasteiger partial charge on any atom is -0.361 e. The van der Waals surface area contributed by atoms with E-state index in [1.807, 2.05) is 0 Å². The third kappa shape index (κ3) is 2.41. The van der Waals surface area contributed by atoms with Gasteiger partial charge in [0, 0.05) is 9.75 Å². The van der Waals surface area contributed by atoms with Crippen LogP contribution in [-0.4, -0.2) is 19.9 Å². The van der Waals surface area contributed by atoms with Gasteiger partial charge in [0.15, 0.2) is 11.5 Å². The third-order valence-corrected chi connectivity index (χ3v) is 4.15. The zero-order chi connectivity index (χ0) is 13.4. The molecule has 0 aliphatic rings. The van der Waals surface area contributed by atoms with Crippen molar-refractivity contribution in [2.45, 2.75) is 19.9 Å². The number of H-pyrrole nitrogens is 1. The van der Waals surface area contributed by atoms with E-state index in [9.17, 15) is 0 Å². The predicted octanol–water partition coefficient (Wildman–Crippen LogP) is 3.55. The molecule has 3 aromatic heterocycles. The molecule has 1 unspecified atom stereocenters. The zero-order valence-corrected chi connectivity index (χ0v) is 12.0. The molecule has 0 radical (unpaired) electrons. The summed E-state index contributed by atoms with van der Waals surface area (Å²) in [5.41, 5.74) is 1.33. The molecule has 1 atom stereocenters. The van der Waals surface area contributed by atoms with Crippen molar-refractivity contribution in [2.75, 3.05) is 5.32 Å². The van der Waals surface area contributed by atoms with E-state index in [1.165, 1.54) is 9.75 Å². The van der Waals surface area contributed by atoms with Crippen LogP contribution in [0.3, 0.4) is 0 Å². The van der Waals surface area contributed by atoms with Gasteiger partial charge in [0.05, 0.1) is 12.4 Å². The molecule has 3 heterocycles. The standard InChI is InChI=1S/C12H12ClN5S/c1-6-3-4-8(19-6)7(2)16-11-9-10(15-5-14-9)17-12(13)18-11/h3-5,7H,1-2H3,(H2,14,15,16,17,18). The zero-order valence-electron chi connectivity index (χ0n) is 10.4. The number of halogens is 1. The van der Waals surface area contributed by atoms with Crippen molar-refractivity contribution in [3.8, 4) is 0 Å².